The van der Waals surface area contributed by atoms with Crippen molar-refractivity contribution in [1.29, 1.82) is 0 Å². The zero-order valence-corrected chi connectivity index (χ0v) is 13.1. The van der Waals surface area contributed by atoms with E-state index < -0.39 is 11.0 Å². The molecular weight excluding hydrogens is 266 g/mol. The number of rotatable bonds is 2. The summed E-state index contributed by atoms with van der Waals surface area (Å²) in [5.41, 5.74) is -1.27. The van der Waals surface area contributed by atoms with E-state index in [0.717, 1.165) is 44.9 Å². The molecule has 2 saturated carbocycles. The number of hydrogen-bond acceptors (Lipinski definition) is 3. The van der Waals surface area contributed by atoms with Crippen LogP contribution in [0, 0.1) is 11.3 Å². The molecule has 1 spiro atoms. The predicted octanol–water partition coefficient (Wildman–Crippen LogP) is 2.64. The van der Waals surface area contributed by atoms with E-state index in [0.29, 0.717) is 25.2 Å². The smallest absolute Gasteiger partial charge is 0.236 e. The van der Waals surface area contributed by atoms with Crippen LogP contribution in [0.3, 0.4) is 0 Å². The minimum atomic E-state index is -0.836. The molecule has 4 nitrogen and oxygen atoms in total. The van der Waals surface area contributed by atoms with Crippen LogP contribution in [0.1, 0.15) is 71.1 Å². The molecule has 0 bridgehead atoms. The summed E-state index contributed by atoms with van der Waals surface area (Å²) in [5.74, 6) is 0.599. The van der Waals surface area contributed by atoms with Crippen LogP contribution in [0.2, 0.25) is 0 Å². The van der Waals surface area contributed by atoms with Crippen molar-refractivity contribution < 1.29 is 14.7 Å². The normalized spacial score (nSPS) is 36.5. The molecule has 0 aromatic carbocycles. The largest absolute Gasteiger partial charge is 0.388 e. The molecule has 4 heteroatoms. The number of aliphatic hydroxyl groups is 1. The lowest BCUT2D eigenvalue weighted by molar-refractivity contribution is -0.147. The molecule has 21 heavy (non-hydrogen) atoms. The van der Waals surface area contributed by atoms with E-state index in [2.05, 4.69) is 6.92 Å². The number of carbonyl (C=O) groups excluding carboxylic acids is 2. The third kappa shape index (κ3) is 2.75. The van der Waals surface area contributed by atoms with Crippen molar-refractivity contribution in [3.63, 3.8) is 0 Å². The fourth-order valence-corrected chi connectivity index (χ4v) is 4.39. The first kappa shape index (κ1) is 15.0. The minimum absolute atomic E-state index is 0.00148. The second kappa shape index (κ2) is 5.38. The van der Waals surface area contributed by atoms with Crippen molar-refractivity contribution in [2.75, 3.05) is 6.54 Å². The van der Waals surface area contributed by atoms with Crippen LogP contribution in [0.15, 0.2) is 0 Å². The number of carbonyl (C=O) groups is 2. The Morgan fingerprint density at radius 3 is 2.33 bits per heavy atom. The Bertz CT molecular complexity index is 431. The molecule has 0 atom stereocenters. The van der Waals surface area contributed by atoms with Crippen LogP contribution in [-0.4, -0.2) is 34.0 Å². The molecule has 3 fully saturated rings. The fraction of sp³-hybridized carbons (Fsp3) is 0.882. The molecule has 1 heterocycles. The maximum Gasteiger partial charge on any atom is 0.236 e. The summed E-state index contributed by atoms with van der Waals surface area (Å²) in [6.07, 6.45) is 8.70. The first-order valence-corrected chi connectivity index (χ1v) is 8.51. The quantitative estimate of drug-likeness (QED) is 0.796. The average Bonchev–Trinajstić information content (AvgIpc) is 2.68. The highest BCUT2D eigenvalue weighted by molar-refractivity contribution is 6.06. The molecule has 118 valence electrons. The van der Waals surface area contributed by atoms with Crippen LogP contribution in [0.4, 0.5) is 0 Å². The van der Waals surface area contributed by atoms with E-state index in [1.54, 1.807) is 0 Å². The lowest BCUT2D eigenvalue weighted by Gasteiger charge is -2.37. The summed E-state index contributed by atoms with van der Waals surface area (Å²) in [4.78, 5) is 26.5. The van der Waals surface area contributed by atoms with Gasteiger partial charge in [-0.3, -0.25) is 14.5 Å². The van der Waals surface area contributed by atoms with Gasteiger partial charge in [0.2, 0.25) is 11.8 Å². The Kier molecular flexibility index (Phi) is 3.85. The number of imide groups is 1. The second-order valence-electron chi connectivity index (χ2n) is 7.71. The standard InChI is InChI=1S/C17H27NO3/c1-13-5-9-16(10-6-13)11-14(19)18(15(16)20)12-17(21)7-3-2-4-8-17/h13,21H,2-12H2,1H3. The number of likely N-dealkylation sites (tertiary alicyclic amines) is 1. The zero-order valence-electron chi connectivity index (χ0n) is 13.1. The molecule has 1 N–H and O–H groups in total. The maximum atomic E-state index is 12.8. The van der Waals surface area contributed by atoms with Gasteiger partial charge in [-0.25, -0.2) is 0 Å². The van der Waals surface area contributed by atoms with Crippen molar-refractivity contribution in [2.24, 2.45) is 11.3 Å². The van der Waals surface area contributed by atoms with E-state index >= 15 is 0 Å². The van der Waals surface area contributed by atoms with Crippen LogP contribution < -0.4 is 0 Å². The summed E-state index contributed by atoms with van der Waals surface area (Å²) in [5, 5.41) is 10.6. The Morgan fingerprint density at radius 2 is 1.71 bits per heavy atom. The fourth-order valence-electron chi connectivity index (χ4n) is 4.39. The van der Waals surface area contributed by atoms with E-state index in [1.807, 2.05) is 0 Å². The molecule has 1 saturated heterocycles. The Hall–Kier alpha value is -0.900. The van der Waals surface area contributed by atoms with E-state index in [1.165, 1.54) is 4.90 Å². The topological polar surface area (TPSA) is 57.6 Å². The van der Waals surface area contributed by atoms with Crippen molar-refractivity contribution in [3.05, 3.63) is 0 Å². The van der Waals surface area contributed by atoms with E-state index in [9.17, 15) is 14.7 Å². The summed E-state index contributed by atoms with van der Waals surface area (Å²) in [6, 6.07) is 0. The van der Waals surface area contributed by atoms with Crippen LogP contribution >= 0.6 is 0 Å². The number of β-amino-alcohol motifs (C(OH)–C–C–N with tert-alkyl or cyclic N) is 1. The van der Waals surface area contributed by atoms with E-state index in [4.69, 9.17) is 0 Å². The first-order valence-electron chi connectivity index (χ1n) is 8.51. The molecule has 0 aromatic rings. The second-order valence-corrected chi connectivity index (χ2v) is 7.71. The molecular formula is C17H27NO3. The molecule has 2 aliphatic carbocycles. The molecule has 3 rings (SSSR count). The number of amides is 2. The Labute approximate surface area is 126 Å². The molecule has 1 aliphatic heterocycles. The van der Waals surface area contributed by atoms with Gasteiger partial charge in [-0.2, -0.15) is 0 Å². The van der Waals surface area contributed by atoms with Gasteiger partial charge in [0.05, 0.1) is 17.6 Å². The van der Waals surface area contributed by atoms with Gasteiger partial charge in [0.25, 0.3) is 0 Å². The average molecular weight is 293 g/mol. The highest BCUT2D eigenvalue weighted by Crippen LogP contribution is 2.47. The molecule has 0 aromatic heterocycles. The van der Waals surface area contributed by atoms with Gasteiger partial charge in [-0.05, 0) is 44.4 Å². The minimum Gasteiger partial charge on any atom is -0.388 e. The van der Waals surface area contributed by atoms with Gasteiger partial charge in [-0.1, -0.05) is 26.2 Å². The van der Waals surface area contributed by atoms with Crippen molar-refractivity contribution in [3.8, 4) is 0 Å². The predicted molar refractivity (Wildman–Crippen MR) is 79.4 cm³/mol. The molecule has 3 aliphatic rings. The third-order valence-electron chi connectivity index (χ3n) is 5.96. The SMILES string of the molecule is CC1CCC2(CC1)CC(=O)N(CC1(O)CCCCC1)C2=O. The highest BCUT2D eigenvalue weighted by atomic mass is 16.3. The van der Waals surface area contributed by atoms with Crippen molar-refractivity contribution in [1.82, 2.24) is 4.90 Å². The lowest BCUT2D eigenvalue weighted by atomic mass is 9.70. The Balaban J connectivity index is 1.72. The molecule has 0 unspecified atom stereocenters. The van der Waals surface area contributed by atoms with Gasteiger partial charge in [0.15, 0.2) is 0 Å². The highest BCUT2D eigenvalue weighted by Gasteiger charge is 2.53. The number of hydrogen-bond donors (Lipinski definition) is 1. The van der Waals surface area contributed by atoms with E-state index in [-0.39, 0.29) is 18.4 Å². The molecule has 0 radical (unpaired) electrons. The van der Waals surface area contributed by atoms with Gasteiger partial charge >= 0.3 is 0 Å². The number of nitrogens with zero attached hydrogens (tertiary/aromatic N) is 1. The summed E-state index contributed by atoms with van der Waals surface area (Å²) >= 11 is 0. The summed E-state index contributed by atoms with van der Waals surface area (Å²) in [7, 11) is 0. The third-order valence-corrected chi connectivity index (χ3v) is 5.96. The van der Waals surface area contributed by atoms with Crippen molar-refractivity contribution >= 4 is 11.8 Å². The zero-order chi connectivity index (χ0) is 15.1. The monoisotopic (exact) mass is 293 g/mol. The molecule has 2 amide bonds. The maximum absolute atomic E-state index is 12.8. The lowest BCUT2D eigenvalue weighted by Crippen LogP contribution is -2.48. The van der Waals surface area contributed by atoms with Crippen LogP contribution in [0.5, 0.6) is 0 Å². The van der Waals surface area contributed by atoms with Gasteiger partial charge < -0.3 is 5.11 Å². The van der Waals surface area contributed by atoms with Crippen LogP contribution in [0.25, 0.3) is 0 Å². The summed E-state index contributed by atoms with van der Waals surface area (Å²) in [6.45, 7) is 2.44. The first-order chi connectivity index (χ1) is 9.94. The van der Waals surface area contributed by atoms with Gasteiger partial charge in [0.1, 0.15) is 0 Å². The van der Waals surface area contributed by atoms with Gasteiger partial charge in [0, 0.05) is 6.42 Å². The summed E-state index contributed by atoms with van der Waals surface area (Å²) < 4.78 is 0. The van der Waals surface area contributed by atoms with Crippen LogP contribution in [-0.2, 0) is 9.59 Å². The van der Waals surface area contributed by atoms with Crippen molar-refractivity contribution in [2.45, 2.75) is 76.7 Å². The van der Waals surface area contributed by atoms with Gasteiger partial charge in [-0.15, -0.1) is 0 Å². The Morgan fingerprint density at radius 1 is 1.10 bits per heavy atom.